The summed E-state index contributed by atoms with van der Waals surface area (Å²) in [4.78, 5) is 15.9. The third-order valence-electron chi connectivity index (χ3n) is 5.83. The molecule has 3 aromatic rings. The van der Waals surface area contributed by atoms with Crippen molar-refractivity contribution in [1.82, 2.24) is 9.55 Å². The highest BCUT2D eigenvalue weighted by molar-refractivity contribution is 5.93. The number of hydrogen-bond acceptors (Lipinski definition) is 3. The van der Waals surface area contributed by atoms with E-state index in [4.69, 9.17) is 5.73 Å². The second kappa shape index (κ2) is 5.54. The van der Waals surface area contributed by atoms with E-state index < -0.39 is 12.0 Å². The molecule has 1 aliphatic carbocycles. The number of rotatable bonds is 2. The van der Waals surface area contributed by atoms with Gasteiger partial charge in [-0.1, -0.05) is 30.3 Å². The molecule has 2 heterocycles. The topological polar surface area (TPSA) is 81.1 Å². The first kappa shape index (κ1) is 15.3. The van der Waals surface area contributed by atoms with Crippen molar-refractivity contribution in [3.05, 3.63) is 77.2 Å². The van der Waals surface area contributed by atoms with Gasteiger partial charge in [-0.3, -0.25) is 4.79 Å². The van der Waals surface area contributed by atoms with E-state index in [1.165, 1.54) is 11.1 Å². The Morgan fingerprint density at radius 1 is 1.19 bits per heavy atom. The van der Waals surface area contributed by atoms with Crippen LogP contribution in [-0.4, -0.2) is 20.6 Å². The summed E-state index contributed by atoms with van der Waals surface area (Å²) in [6, 6.07) is 13.8. The van der Waals surface area contributed by atoms with Gasteiger partial charge in [0.15, 0.2) is 0 Å². The molecule has 2 aliphatic rings. The van der Waals surface area contributed by atoms with Gasteiger partial charge in [0.1, 0.15) is 0 Å². The number of fused-ring (bicyclic) bond motifs is 4. The average Bonchev–Trinajstić information content (AvgIpc) is 3.23. The van der Waals surface area contributed by atoms with E-state index in [9.17, 15) is 9.90 Å². The Bertz CT molecular complexity index is 1020. The Kier molecular flexibility index (Phi) is 3.27. The maximum Gasteiger partial charge on any atom is 0.248 e. The molecule has 5 nitrogen and oxygen atoms in total. The summed E-state index contributed by atoms with van der Waals surface area (Å²) >= 11 is 0. The van der Waals surface area contributed by atoms with Crippen LogP contribution < -0.4 is 5.73 Å². The lowest BCUT2D eigenvalue weighted by Gasteiger charge is -2.35. The molecule has 1 aliphatic heterocycles. The van der Waals surface area contributed by atoms with Crippen LogP contribution in [0.2, 0.25) is 0 Å². The van der Waals surface area contributed by atoms with Crippen molar-refractivity contribution in [3.63, 3.8) is 0 Å². The fraction of sp³-hybridized carbons (Fsp3) is 0.238. The zero-order valence-electron chi connectivity index (χ0n) is 14.2. The van der Waals surface area contributed by atoms with Crippen molar-refractivity contribution in [3.8, 4) is 11.3 Å². The van der Waals surface area contributed by atoms with E-state index in [1.54, 1.807) is 12.1 Å². The van der Waals surface area contributed by atoms with Gasteiger partial charge in [-0.05, 0) is 41.7 Å². The van der Waals surface area contributed by atoms with Crippen molar-refractivity contribution < 1.29 is 9.90 Å². The standard InChI is InChI=1S/C21H19N3O2/c22-21(26)13-6-5-12-7-8-16(20(25)17(12)9-13)19-15-4-2-1-3-14(15)18-10-23-11-24(18)19/h1-6,9-11,16,19-20,25H,7-8H2,(H2,22,26)/t16-,19?,20+/m1/s1. The Hall–Kier alpha value is -2.92. The van der Waals surface area contributed by atoms with Crippen LogP contribution in [0, 0.1) is 5.92 Å². The van der Waals surface area contributed by atoms with Gasteiger partial charge in [0, 0.05) is 17.0 Å². The minimum Gasteiger partial charge on any atom is -0.388 e. The highest BCUT2D eigenvalue weighted by atomic mass is 16.3. The molecule has 5 rings (SSSR count). The van der Waals surface area contributed by atoms with Crippen LogP contribution in [0.25, 0.3) is 11.3 Å². The normalized spacial score (nSPS) is 23.2. The van der Waals surface area contributed by atoms with Crippen LogP contribution in [0.4, 0.5) is 0 Å². The molecule has 1 amide bonds. The second-order valence-electron chi connectivity index (χ2n) is 7.14. The molecule has 3 atom stereocenters. The molecule has 1 unspecified atom stereocenters. The highest BCUT2D eigenvalue weighted by Crippen LogP contribution is 2.49. The molecular weight excluding hydrogens is 326 g/mol. The molecule has 0 bridgehead atoms. The van der Waals surface area contributed by atoms with Crippen molar-refractivity contribution in [1.29, 1.82) is 0 Å². The van der Waals surface area contributed by atoms with Crippen molar-refractivity contribution in [2.24, 2.45) is 11.7 Å². The largest absolute Gasteiger partial charge is 0.388 e. The fourth-order valence-corrected chi connectivity index (χ4v) is 4.60. The number of carbonyl (C=O) groups is 1. The van der Waals surface area contributed by atoms with Crippen LogP contribution in [0.15, 0.2) is 55.0 Å². The van der Waals surface area contributed by atoms with Crippen LogP contribution in [-0.2, 0) is 6.42 Å². The molecule has 26 heavy (non-hydrogen) atoms. The van der Waals surface area contributed by atoms with Gasteiger partial charge in [0.05, 0.1) is 30.4 Å². The summed E-state index contributed by atoms with van der Waals surface area (Å²) in [6.07, 6.45) is 4.83. The molecule has 3 N–H and O–H groups in total. The Morgan fingerprint density at radius 3 is 2.88 bits per heavy atom. The molecule has 1 aromatic heterocycles. The van der Waals surface area contributed by atoms with Crippen LogP contribution in [0.1, 0.15) is 45.6 Å². The van der Waals surface area contributed by atoms with E-state index in [2.05, 4.69) is 21.7 Å². The average molecular weight is 345 g/mol. The van der Waals surface area contributed by atoms with Crippen molar-refractivity contribution in [2.45, 2.75) is 25.0 Å². The maximum atomic E-state index is 11.6. The fourth-order valence-electron chi connectivity index (χ4n) is 4.60. The third kappa shape index (κ3) is 2.07. The number of primary amides is 1. The smallest absolute Gasteiger partial charge is 0.248 e. The monoisotopic (exact) mass is 345 g/mol. The SMILES string of the molecule is NC(=O)c1ccc2c(c1)[C@@H](O)[C@@H](C1c3ccccc3-c3cncn31)CC2. The first-order valence-corrected chi connectivity index (χ1v) is 8.87. The van der Waals surface area contributed by atoms with Crippen molar-refractivity contribution in [2.75, 3.05) is 0 Å². The number of aliphatic hydroxyl groups excluding tert-OH is 1. The summed E-state index contributed by atoms with van der Waals surface area (Å²) in [6.45, 7) is 0. The van der Waals surface area contributed by atoms with E-state index in [0.29, 0.717) is 5.56 Å². The van der Waals surface area contributed by atoms with Gasteiger partial charge in [-0.2, -0.15) is 0 Å². The lowest BCUT2D eigenvalue weighted by atomic mass is 9.75. The van der Waals surface area contributed by atoms with Gasteiger partial charge in [-0.25, -0.2) is 4.98 Å². The van der Waals surface area contributed by atoms with Crippen LogP contribution >= 0.6 is 0 Å². The molecule has 0 saturated carbocycles. The molecule has 0 spiro atoms. The number of amides is 1. The first-order chi connectivity index (χ1) is 12.6. The van der Waals surface area contributed by atoms with E-state index >= 15 is 0 Å². The van der Waals surface area contributed by atoms with Gasteiger partial charge in [-0.15, -0.1) is 0 Å². The minimum absolute atomic E-state index is 0.0160. The third-order valence-corrected chi connectivity index (χ3v) is 5.83. The molecule has 2 aromatic carbocycles. The number of aliphatic hydroxyl groups is 1. The molecule has 0 fully saturated rings. The number of hydrogen-bond donors (Lipinski definition) is 2. The number of benzene rings is 2. The predicted octanol–water partition coefficient (Wildman–Crippen LogP) is 2.85. The molecule has 0 radical (unpaired) electrons. The number of carbonyl (C=O) groups excluding carboxylic acids is 1. The summed E-state index contributed by atoms with van der Waals surface area (Å²) in [5.74, 6) is -0.451. The first-order valence-electron chi connectivity index (χ1n) is 8.87. The van der Waals surface area contributed by atoms with Gasteiger partial charge < -0.3 is 15.4 Å². The Morgan fingerprint density at radius 2 is 2.04 bits per heavy atom. The summed E-state index contributed by atoms with van der Waals surface area (Å²) in [5, 5.41) is 11.2. The van der Waals surface area contributed by atoms with E-state index in [-0.39, 0.29) is 12.0 Å². The Labute approximate surface area is 151 Å². The van der Waals surface area contributed by atoms with Gasteiger partial charge in [0.25, 0.3) is 0 Å². The van der Waals surface area contributed by atoms with E-state index in [0.717, 1.165) is 29.7 Å². The van der Waals surface area contributed by atoms with Crippen molar-refractivity contribution >= 4 is 5.91 Å². The summed E-state index contributed by atoms with van der Waals surface area (Å²) < 4.78 is 2.17. The van der Waals surface area contributed by atoms with Crippen LogP contribution in [0.5, 0.6) is 0 Å². The highest BCUT2D eigenvalue weighted by Gasteiger charge is 2.40. The zero-order valence-corrected chi connectivity index (χ0v) is 14.2. The number of aryl methyl sites for hydroxylation is 1. The molecule has 0 saturated heterocycles. The summed E-state index contributed by atoms with van der Waals surface area (Å²) in [5.41, 5.74) is 11.3. The van der Waals surface area contributed by atoms with Gasteiger partial charge >= 0.3 is 0 Å². The lowest BCUT2D eigenvalue weighted by Crippen LogP contribution is -2.29. The van der Waals surface area contributed by atoms with E-state index in [1.807, 2.05) is 30.7 Å². The maximum absolute atomic E-state index is 11.6. The summed E-state index contributed by atoms with van der Waals surface area (Å²) in [7, 11) is 0. The molecule has 130 valence electrons. The second-order valence-corrected chi connectivity index (χ2v) is 7.14. The number of imidazole rings is 1. The zero-order chi connectivity index (χ0) is 17.8. The minimum atomic E-state index is -0.649. The molecule has 5 heteroatoms. The number of aromatic nitrogens is 2. The number of nitrogens with two attached hydrogens (primary N) is 1. The van der Waals surface area contributed by atoms with Crippen LogP contribution in [0.3, 0.4) is 0 Å². The predicted molar refractivity (Wildman–Crippen MR) is 97.5 cm³/mol. The molecular formula is C21H19N3O2. The van der Waals surface area contributed by atoms with Gasteiger partial charge in [0.2, 0.25) is 5.91 Å². The number of nitrogens with zero attached hydrogens (tertiary/aromatic N) is 2. The lowest BCUT2D eigenvalue weighted by molar-refractivity contribution is 0.0719. The Balaban J connectivity index is 1.60. The quantitative estimate of drug-likeness (QED) is 0.749.